The summed E-state index contributed by atoms with van der Waals surface area (Å²) in [6.07, 6.45) is 4.37. The first-order valence-electron chi connectivity index (χ1n) is 7.90. The van der Waals surface area contributed by atoms with Gasteiger partial charge in [-0.05, 0) is 49.4 Å². The van der Waals surface area contributed by atoms with Gasteiger partial charge in [0.1, 0.15) is 5.60 Å². The molecular formula is C17H19F2N3O2. The number of carbonyl (C=O) groups is 1. The highest BCUT2D eigenvalue weighted by Gasteiger charge is 2.60. The minimum absolute atomic E-state index is 0.0394. The Bertz CT molecular complexity index is 695. The molecule has 1 fully saturated rings. The van der Waals surface area contributed by atoms with Crippen LogP contribution in [0.1, 0.15) is 24.8 Å². The van der Waals surface area contributed by atoms with Gasteiger partial charge in [-0.25, -0.2) is 4.68 Å². The molecule has 2 aromatic rings. The molecule has 2 N–H and O–H groups in total. The van der Waals surface area contributed by atoms with Crippen molar-refractivity contribution in [1.29, 1.82) is 0 Å². The first kappa shape index (κ1) is 16.6. The Kier molecular flexibility index (Phi) is 4.36. The molecule has 1 aliphatic rings. The number of benzene rings is 1. The molecule has 1 amide bonds. The number of aliphatic hydroxyl groups is 1. The van der Waals surface area contributed by atoms with Crippen molar-refractivity contribution in [3.8, 4) is 5.69 Å². The van der Waals surface area contributed by atoms with Gasteiger partial charge in [-0.1, -0.05) is 12.1 Å². The van der Waals surface area contributed by atoms with E-state index in [4.69, 9.17) is 0 Å². The lowest BCUT2D eigenvalue weighted by atomic mass is 9.75. The highest BCUT2D eigenvalue weighted by atomic mass is 19.3. The average Bonchev–Trinajstić information content (AvgIpc) is 3.07. The maximum atomic E-state index is 13.9. The summed E-state index contributed by atoms with van der Waals surface area (Å²) in [5.41, 5.74) is -0.369. The molecule has 0 saturated heterocycles. The minimum Gasteiger partial charge on any atom is -0.383 e. The zero-order valence-corrected chi connectivity index (χ0v) is 13.1. The zero-order chi connectivity index (χ0) is 17.2. The molecule has 1 heterocycles. The zero-order valence-electron chi connectivity index (χ0n) is 13.1. The molecule has 0 aliphatic heterocycles. The topological polar surface area (TPSA) is 67.2 Å². The first-order chi connectivity index (χ1) is 11.4. The highest BCUT2D eigenvalue weighted by Crippen LogP contribution is 2.44. The van der Waals surface area contributed by atoms with E-state index in [1.165, 1.54) is 0 Å². The summed E-state index contributed by atoms with van der Waals surface area (Å²) in [6.45, 7) is 0.0889. The van der Waals surface area contributed by atoms with Crippen LogP contribution in [0.3, 0.4) is 0 Å². The third-order valence-electron chi connectivity index (χ3n) is 4.45. The van der Waals surface area contributed by atoms with Crippen molar-refractivity contribution < 1.29 is 18.7 Å². The molecule has 128 valence electrons. The third kappa shape index (κ3) is 3.03. The van der Waals surface area contributed by atoms with Gasteiger partial charge in [-0.3, -0.25) is 4.79 Å². The van der Waals surface area contributed by atoms with Crippen molar-refractivity contribution >= 4 is 5.91 Å². The van der Waals surface area contributed by atoms with Gasteiger partial charge >= 0.3 is 5.92 Å². The third-order valence-corrected chi connectivity index (χ3v) is 4.45. The van der Waals surface area contributed by atoms with Gasteiger partial charge in [0.25, 0.3) is 5.91 Å². The van der Waals surface area contributed by atoms with Crippen LogP contribution in [0.2, 0.25) is 0 Å². The SMILES string of the molecule is O=C(NCCc1ccc(-n2cccn2)cc1)C(F)(F)C1(O)CCC1. The highest BCUT2D eigenvalue weighted by molar-refractivity contribution is 5.85. The van der Waals surface area contributed by atoms with Gasteiger partial charge in [-0.2, -0.15) is 13.9 Å². The van der Waals surface area contributed by atoms with Crippen LogP contribution in [0.5, 0.6) is 0 Å². The number of amides is 1. The van der Waals surface area contributed by atoms with Crippen LogP contribution >= 0.6 is 0 Å². The lowest BCUT2D eigenvalue weighted by Crippen LogP contribution is -2.60. The maximum Gasteiger partial charge on any atom is 0.352 e. The molecule has 1 aromatic heterocycles. The summed E-state index contributed by atoms with van der Waals surface area (Å²) < 4.78 is 29.5. The fraction of sp³-hybridized carbons (Fsp3) is 0.412. The van der Waals surface area contributed by atoms with Crippen LogP contribution in [0.25, 0.3) is 5.69 Å². The maximum absolute atomic E-state index is 13.9. The second kappa shape index (κ2) is 6.32. The van der Waals surface area contributed by atoms with Gasteiger partial charge in [0.05, 0.1) is 5.69 Å². The van der Waals surface area contributed by atoms with Crippen molar-refractivity contribution in [2.24, 2.45) is 0 Å². The molecule has 0 bridgehead atoms. The Morgan fingerprint density at radius 3 is 2.58 bits per heavy atom. The van der Waals surface area contributed by atoms with Crippen molar-refractivity contribution in [2.75, 3.05) is 6.54 Å². The summed E-state index contributed by atoms with van der Waals surface area (Å²) in [6, 6.07) is 9.28. The predicted octanol–water partition coefficient (Wildman–Crippen LogP) is 2.08. The number of nitrogens with one attached hydrogen (secondary N) is 1. The Hall–Kier alpha value is -2.28. The minimum atomic E-state index is -3.74. The van der Waals surface area contributed by atoms with Crippen molar-refractivity contribution in [2.45, 2.75) is 37.2 Å². The quantitative estimate of drug-likeness (QED) is 0.849. The molecule has 0 radical (unpaired) electrons. The van der Waals surface area contributed by atoms with E-state index in [0.717, 1.165) is 11.3 Å². The molecule has 3 rings (SSSR count). The number of hydrogen-bond acceptors (Lipinski definition) is 3. The molecule has 1 aromatic carbocycles. The van der Waals surface area contributed by atoms with Gasteiger partial charge in [-0.15, -0.1) is 0 Å². The Morgan fingerprint density at radius 1 is 1.33 bits per heavy atom. The lowest BCUT2D eigenvalue weighted by Gasteiger charge is -2.41. The Balaban J connectivity index is 1.52. The van der Waals surface area contributed by atoms with E-state index in [9.17, 15) is 18.7 Å². The van der Waals surface area contributed by atoms with Crippen LogP contribution in [0.4, 0.5) is 8.78 Å². The molecule has 0 unspecified atom stereocenters. The van der Waals surface area contributed by atoms with Crippen LogP contribution in [0, 0.1) is 0 Å². The van der Waals surface area contributed by atoms with E-state index in [2.05, 4.69) is 10.4 Å². The number of aromatic nitrogens is 2. The normalized spacial score (nSPS) is 16.5. The van der Waals surface area contributed by atoms with E-state index in [0.29, 0.717) is 12.8 Å². The number of nitrogens with zero attached hydrogens (tertiary/aromatic N) is 2. The molecular weight excluding hydrogens is 316 g/mol. The second-order valence-corrected chi connectivity index (χ2v) is 6.08. The summed E-state index contributed by atoms with van der Waals surface area (Å²) in [5, 5.41) is 16.1. The van der Waals surface area contributed by atoms with Gasteiger partial charge in [0.2, 0.25) is 0 Å². The smallest absolute Gasteiger partial charge is 0.352 e. The van der Waals surface area contributed by atoms with Gasteiger partial charge in [0, 0.05) is 18.9 Å². The molecule has 7 heteroatoms. The fourth-order valence-corrected chi connectivity index (χ4v) is 2.71. The number of halogens is 2. The molecule has 0 spiro atoms. The predicted molar refractivity (Wildman–Crippen MR) is 84.0 cm³/mol. The standard InChI is InChI=1S/C17H19F2N3O2/c18-17(19,16(24)8-1-9-16)15(23)20-11-7-13-3-5-14(6-4-13)22-12-2-10-21-22/h2-6,10,12,24H,1,7-9,11H2,(H,20,23). The lowest BCUT2D eigenvalue weighted by molar-refractivity contribution is -0.215. The largest absolute Gasteiger partial charge is 0.383 e. The molecule has 1 saturated carbocycles. The molecule has 1 aliphatic carbocycles. The number of carbonyl (C=O) groups excluding carboxylic acids is 1. The molecule has 5 nitrogen and oxygen atoms in total. The molecule has 0 atom stereocenters. The monoisotopic (exact) mass is 335 g/mol. The van der Waals surface area contributed by atoms with E-state index >= 15 is 0 Å². The van der Waals surface area contributed by atoms with E-state index in [1.54, 1.807) is 10.9 Å². The molecule has 24 heavy (non-hydrogen) atoms. The Morgan fingerprint density at radius 2 is 2.04 bits per heavy atom. The number of rotatable bonds is 6. The van der Waals surface area contributed by atoms with E-state index in [-0.39, 0.29) is 19.4 Å². The van der Waals surface area contributed by atoms with Crippen molar-refractivity contribution in [1.82, 2.24) is 15.1 Å². The van der Waals surface area contributed by atoms with Crippen molar-refractivity contribution in [3.63, 3.8) is 0 Å². The van der Waals surface area contributed by atoms with Crippen LogP contribution in [-0.4, -0.2) is 38.9 Å². The van der Waals surface area contributed by atoms with Gasteiger partial charge in [0.15, 0.2) is 0 Å². The summed E-state index contributed by atoms with van der Waals surface area (Å²) >= 11 is 0. The van der Waals surface area contributed by atoms with Gasteiger partial charge < -0.3 is 10.4 Å². The summed E-state index contributed by atoms with van der Waals surface area (Å²) in [4.78, 5) is 11.7. The fourth-order valence-electron chi connectivity index (χ4n) is 2.71. The van der Waals surface area contributed by atoms with Crippen LogP contribution in [-0.2, 0) is 11.2 Å². The summed E-state index contributed by atoms with van der Waals surface area (Å²) in [5.74, 6) is -5.15. The first-order valence-corrected chi connectivity index (χ1v) is 7.90. The van der Waals surface area contributed by atoms with Crippen molar-refractivity contribution in [3.05, 3.63) is 48.3 Å². The number of hydrogen-bond donors (Lipinski definition) is 2. The van der Waals surface area contributed by atoms with Crippen LogP contribution in [0.15, 0.2) is 42.7 Å². The number of alkyl halides is 2. The Labute approximate surface area is 138 Å². The summed E-state index contributed by atoms with van der Waals surface area (Å²) in [7, 11) is 0. The van der Waals surface area contributed by atoms with E-state index in [1.807, 2.05) is 36.5 Å². The van der Waals surface area contributed by atoms with E-state index < -0.39 is 17.4 Å². The van der Waals surface area contributed by atoms with Crippen LogP contribution < -0.4 is 5.32 Å². The second-order valence-electron chi connectivity index (χ2n) is 6.08. The average molecular weight is 335 g/mol.